The Hall–Kier alpha value is -0.610. The lowest BCUT2D eigenvalue weighted by Gasteiger charge is -2.35. The van der Waals surface area contributed by atoms with Crippen LogP contribution in [0.2, 0.25) is 0 Å². The highest BCUT2D eigenvalue weighted by atomic mass is 79.9. The topological polar surface area (TPSA) is 21.3 Å². The Kier molecular flexibility index (Phi) is 3.26. The number of hydrogen-bond donors (Lipinski definition) is 1. The Labute approximate surface area is 96.9 Å². The first kappa shape index (κ1) is 10.9. The molecule has 1 fully saturated rings. The molecule has 0 heterocycles. The molecular formula is C11H13BrFNO. The van der Waals surface area contributed by atoms with Crippen molar-refractivity contribution in [3.63, 3.8) is 0 Å². The predicted molar refractivity (Wildman–Crippen MR) is 60.6 cm³/mol. The van der Waals surface area contributed by atoms with Gasteiger partial charge in [-0.15, -0.1) is 0 Å². The number of benzene rings is 1. The third-order valence-electron chi connectivity index (χ3n) is 2.69. The molecule has 0 unspecified atom stereocenters. The highest BCUT2D eigenvalue weighted by Gasteiger charge is 2.29. The number of halogens is 2. The van der Waals surface area contributed by atoms with E-state index in [9.17, 15) is 4.39 Å². The van der Waals surface area contributed by atoms with E-state index in [0.29, 0.717) is 10.5 Å². The second-order valence-electron chi connectivity index (χ2n) is 3.77. The van der Waals surface area contributed by atoms with Gasteiger partial charge in [0.25, 0.3) is 0 Å². The molecule has 0 aromatic heterocycles. The lowest BCUT2D eigenvalue weighted by Crippen LogP contribution is -2.45. The first-order valence-corrected chi connectivity index (χ1v) is 5.77. The summed E-state index contributed by atoms with van der Waals surface area (Å²) < 4.78 is 19.2. The van der Waals surface area contributed by atoms with Gasteiger partial charge in [0.2, 0.25) is 0 Å². The molecule has 1 N–H and O–H groups in total. The van der Waals surface area contributed by atoms with Gasteiger partial charge in [0.05, 0.1) is 4.47 Å². The van der Waals surface area contributed by atoms with Crippen molar-refractivity contribution in [2.75, 3.05) is 7.05 Å². The maximum Gasteiger partial charge on any atom is 0.134 e. The van der Waals surface area contributed by atoms with Gasteiger partial charge < -0.3 is 10.1 Å². The molecule has 0 radical (unpaired) electrons. The highest BCUT2D eigenvalue weighted by molar-refractivity contribution is 9.10. The van der Waals surface area contributed by atoms with E-state index >= 15 is 0 Å². The Balaban J connectivity index is 1.94. The van der Waals surface area contributed by atoms with Crippen LogP contribution in [0.3, 0.4) is 0 Å². The summed E-state index contributed by atoms with van der Waals surface area (Å²) in [6.07, 6.45) is 2.28. The fourth-order valence-electron chi connectivity index (χ4n) is 1.65. The van der Waals surface area contributed by atoms with E-state index in [1.54, 1.807) is 6.07 Å². The van der Waals surface area contributed by atoms with Gasteiger partial charge in [-0.2, -0.15) is 0 Å². The van der Waals surface area contributed by atoms with Crippen molar-refractivity contribution in [1.29, 1.82) is 0 Å². The lowest BCUT2D eigenvalue weighted by atomic mass is 9.89. The minimum Gasteiger partial charge on any atom is -0.489 e. The SMILES string of the molecule is CNC1CC(Oc2ccc(F)cc2Br)C1. The molecule has 2 nitrogen and oxygen atoms in total. The predicted octanol–water partition coefficient (Wildman–Crippen LogP) is 2.72. The molecular weight excluding hydrogens is 261 g/mol. The number of nitrogens with one attached hydrogen (secondary N) is 1. The van der Waals surface area contributed by atoms with Gasteiger partial charge in [-0.3, -0.25) is 0 Å². The van der Waals surface area contributed by atoms with E-state index in [1.807, 2.05) is 7.05 Å². The molecule has 4 heteroatoms. The lowest BCUT2D eigenvalue weighted by molar-refractivity contribution is 0.0876. The normalized spacial score (nSPS) is 24.7. The standard InChI is InChI=1S/C11H13BrFNO/c1-14-8-5-9(6-8)15-11-3-2-7(13)4-10(11)12/h2-4,8-9,14H,5-6H2,1H3. The maximum absolute atomic E-state index is 12.8. The zero-order chi connectivity index (χ0) is 10.8. The van der Waals surface area contributed by atoms with Gasteiger partial charge in [0.1, 0.15) is 17.7 Å². The van der Waals surface area contributed by atoms with E-state index in [2.05, 4.69) is 21.2 Å². The van der Waals surface area contributed by atoms with Gasteiger partial charge in [0.15, 0.2) is 0 Å². The Bertz CT molecular complexity index is 352. The molecule has 1 aliphatic carbocycles. The van der Waals surface area contributed by atoms with E-state index in [-0.39, 0.29) is 11.9 Å². The summed E-state index contributed by atoms with van der Waals surface area (Å²) in [4.78, 5) is 0. The average Bonchev–Trinajstić information content (AvgIpc) is 2.13. The van der Waals surface area contributed by atoms with Crippen molar-refractivity contribution in [1.82, 2.24) is 5.32 Å². The van der Waals surface area contributed by atoms with Crippen molar-refractivity contribution < 1.29 is 9.13 Å². The Morgan fingerprint density at radius 2 is 2.20 bits per heavy atom. The molecule has 1 saturated carbocycles. The molecule has 0 bridgehead atoms. The molecule has 0 saturated heterocycles. The summed E-state index contributed by atoms with van der Waals surface area (Å²) in [7, 11) is 1.95. The van der Waals surface area contributed by atoms with Gasteiger partial charge in [-0.1, -0.05) is 0 Å². The largest absolute Gasteiger partial charge is 0.489 e. The summed E-state index contributed by atoms with van der Waals surface area (Å²) in [6.45, 7) is 0. The molecule has 15 heavy (non-hydrogen) atoms. The maximum atomic E-state index is 12.8. The number of hydrogen-bond acceptors (Lipinski definition) is 2. The van der Waals surface area contributed by atoms with Gasteiger partial charge in [-0.25, -0.2) is 4.39 Å². The first-order valence-electron chi connectivity index (χ1n) is 4.98. The van der Waals surface area contributed by atoms with Crippen LogP contribution < -0.4 is 10.1 Å². The summed E-state index contributed by atoms with van der Waals surface area (Å²) >= 11 is 3.28. The van der Waals surface area contributed by atoms with Crippen LogP contribution in [0, 0.1) is 5.82 Å². The van der Waals surface area contributed by atoms with Crippen LogP contribution in [0.25, 0.3) is 0 Å². The number of ether oxygens (including phenoxy) is 1. The summed E-state index contributed by atoms with van der Waals surface area (Å²) in [5.74, 6) is 0.465. The van der Waals surface area contributed by atoms with Crippen molar-refractivity contribution in [3.8, 4) is 5.75 Å². The van der Waals surface area contributed by atoms with Crippen LogP contribution in [-0.2, 0) is 0 Å². The van der Waals surface area contributed by atoms with Gasteiger partial charge in [0, 0.05) is 6.04 Å². The zero-order valence-electron chi connectivity index (χ0n) is 8.47. The van der Waals surface area contributed by atoms with Crippen molar-refractivity contribution in [2.45, 2.75) is 25.0 Å². The van der Waals surface area contributed by atoms with Crippen molar-refractivity contribution >= 4 is 15.9 Å². The fourth-order valence-corrected chi connectivity index (χ4v) is 2.09. The zero-order valence-corrected chi connectivity index (χ0v) is 10.1. The highest BCUT2D eigenvalue weighted by Crippen LogP contribution is 2.31. The molecule has 82 valence electrons. The number of rotatable bonds is 3. The molecule has 0 atom stereocenters. The molecule has 1 aromatic carbocycles. The van der Waals surface area contributed by atoms with E-state index in [0.717, 1.165) is 18.6 Å². The van der Waals surface area contributed by atoms with Crippen molar-refractivity contribution in [2.24, 2.45) is 0 Å². The van der Waals surface area contributed by atoms with Crippen molar-refractivity contribution in [3.05, 3.63) is 28.5 Å². The fraction of sp³-hybridized carbons (Fsp3) is 0.455. The first-order chi connectivity index (χ1) is 7.19. The van der Waals surface area contributed by atoms with Crippen LogP contribution in [0.4, 0.5) is 4.39 Å². The molecule has 0 aliphatic heterocycles. The van der Waals surface area contributed by atoms with Crippen LogP contribution in [0.1, 0.15) is 12.8 Å². The Morgan fingerprint density at radius 1 is 1.47 bits per heavy atom. The van der Waals surface area contributed by atoms with E-state index < -0.39 is 0 Å². The minimum absolute atomic E-state index is 0.254. The second-order valence-corrected chi connectivity index (χ2v) is 4.63. The quantitative estimate of drug-likeness (QED) is 0.915. The smallest absolute Gasteiger partial charge is 0.134 e. The molecule has 2 rings (SSSR count). The van der Waals surface area contributed by atoms with Crippen LogP contribution >= 0.6 is 15.9 Å². The summed E-state index contributed by atoms with van der Waals surface area (Å²) in [5.41, 5.74) is 0. The third-order valence-corrected chi connectivity index (χ3v) is 3.31. The summed E-state index contributed by atoms with van der Waals surface area (Å²) in [6, 6.07) is 5.05. The average molecular weight is 274 g/mol. The minimum atomic E-state index is -0.254. The molecule has 1 aromatic rings. The van der Waals surface area contributed by atoms with Crippen LogP contribution in [0.15, 0.2) is 22.7 Å². The van der Waals surface area contributed by atoms with Crippen LogP contribution in [-0.4, -0.2) is 19.2 Å². The monoisotopic (exact) mass is 273 g/mol. The van der Waals surface area contributed by atoms with Crippen LogP contribution in [0.5, 0.6) is 5.75 Å². The van der Waals surface area contributed by atoms with Gasteiger partial charge in [-0.05, 0) is 54.0 Å². The second kappa shape index (κ2) is 4.49. The molecule has 1 aliphatic rings. The molecule has 0 spiro atoms. The summed E-state index contributed by atoms with van der Waals surface area (Å²) in [5, 5.41) is 3.19. The van der Waals surface area contributed by atoms with Gasteiger partial charge >= 0.3 is 0 Å². The molecule has 0 amide bonds. The Morgan fingerprint density at radius 3 is 2.80 bits per heavy atom. The van der Waals surface area contributed by atoms with E-state index in [1.165, 1.54) is 12.1 Å². The third kappa shape index (κ3) is 2.49. The van der Waals surface area contributed by atoms with E-state index in [4.69, 9.17) is 4.74 Å².